The van der Waals surface area contributed by atoms with Gasteiger partial charge in [-0.05, 0) is 49.6 Å². The van der Waals surface area contributed by atoms with Crippen molar-refractivity contribution in [2.75, 3.05) is 5.33 Å². The predicted molar refractivity (Wildman–Crippen MR) is 109 cm³/mol. The van der Waals surface area contributed by atoms with E-state index in [1.165, 1.54) is 0 Å². The van der Waals surface area contributed by atoms with E-state index in [2.05, 4.69) is 27.0 Å². The van der Waals surface area contributed by atoms with Gasteiger partial charge in [-0.2, -0.15) is 5.26 Å². The second kappa shape index (κ2) is 8.29. The molecule has 3 aromatic rings. The molecule has 0 bridgehead atoms. The standard InChI is InChI=1S/C21H20BrN3O/c1-15-9-10-16(14-23)13-17(15)20-21(26)25(12-6-2-5-11-22)19-8-4-3-7-18(19)24-20/h3-4,7-10,13H,2,5-6,11-12H2,1H3. The third-order valence-electron chi connectivity index (χ3n) is 4.49. The van der Waals surface area contributed by atoms with Crippen LogP contribution in [0.15, 0.2) is 47.3 Å². The molecular weight excluding hydrogens is 390 g/mol. The molecule has 0 amide bonds. The lowest BCUT2D eigenvalue weighted by molar-refractivity contribution is 0.604. The van der Waals surface area contributed by atoms with Crippen molar-refractivity contribution in [2.24, 2.45) is 0 Å². The Morgan fingerprint density at radius 3 is 2.73 bits per heavy atom. The molecule has 0 fully saturated rings. The maximum atomic E-state index is 13.2. The molecule has 5 heteroatoms. The topological polar surface area (TPSA) is 58.7 Å². The number of hydrogen-bond acceptors (Lipinski definition) is 3. The molecule has 1 aromatic heterocycles. The van der Waals surface area contributed by atoms with Crippen LogP contribution >= 0.6 is 15.9 Å². The third kappa shape index (κ3) is 3.71. The highest BCUT2D eigenvalue weighted by atomic mass is 79.9. The van der Waals surface area contributed by atoms with Gasteiger partial charge in [-0.25, -0.2) is 4.98 Å². The maximum Gasteiger partial charge on any atom is 0.277 e. The second-order valence-electron chi connectivity index (χ2n) is 6.30. The van der Waals surface area contributed by atoms with Gasteiger partial charge in [-0.3, -0.25) is 4.79 Å². The lowest BCUT2D eigenvalue weighted by Gasteiger charge is -2.13. The zero-order valence-corrected chi connectivity index (χ0v) is 16.3. The maximum absolute atomic E-state index is 13.2. The van der Waals surface area contributed by atoms with Crippen LogP contribution in [0.5, 0.6) is 0 Å². The van der Waals surface area contributed by atoms with Crippen molar-refractivity contribution < 1.29 is 0 Å². The average molecular weight is 410 g/mol. The molecule has 4 nitrogen and oxygen atoms in total. The van der Waals surface area contributed by atoms with Gasteiger partial charge < -0.3 is 4.57 Å². The number of fused-ring (bicyclic) bond motifs is 1. The summed E-state index contributed by atoms with van der Waals surface area (Å²) < 4.78 is 1.82. The minimum Gasteiger partial charge on any atom is -0.305 e. The van der Waals surface area contributed by atoms with E-state index in [0.29, 0.717) is 17.8 Å². The number of halogens is 1. The van der Waals surface area contributed by atoms with E-state index in [1.54, 1.807) is 12.1 Å². The smallest absolute Gasteiger partial charge is 0.277 e. The quantitative estimate of drug-likeness (QED) is 0.433. The van der Waals surface area contributed by atoms with Crippen LogP contribution in [-0.2, 0) is 6.54 Å². The molecular formula is C21H20BrN3O. The van der Waals surface area contributed by atoms with Crippen LogP contribution in [0.4, 0.5) is 0 Å². The van der Waals surface area contributed by atoms with Crippen LogP contribution in [0.3, 0.4) is 0 Å². The average Bonchev–Trinajstić information content (AvgIpc) is 2.67. The van der Waals surface area contributed by atoms with Crippen molar-refractivity contribution >= 4 is 27.0 Å². The van der Waals surface area contributed by atoms with Gasteiger partial charge >= 0.3 is 0 Å². The number of nitriles is 1. The largest absolute Gasteiger partial charge is 0.305 e. The molecule has 0 aliphatic heterocycles. The van der Waals surface area contributed by atoms with Crippen LogP contribution in [0.1, 0.15) is 30.4 Å². The SMILES string of the molecule is Cc1ccc(C#N)cc1-c1nc2ccccc2n(CCCCCBr)c1=O. The van der Waals surface area contributed by atoms with E-state index in [-0.39, 0.29) is 5.56 Å². The van der Waals surface area contributed by atoms with Gasteiger partial charge in [0.25, 0.3) is 5.56 Å². The number of unbranched alkanes of at least 4 members (excludes halogenated alkanes) is 2. The Morgan fingerprint density at radius 2 is 1.96 bits per heavy atom. The van der Waals surface area contributed by atoms with Crippen molar-refractivity contribution in [3.63, 3.8) is 0 Å². The summed E-state index contributed by atoms with van der Waals surface area (Å²) in [5.74, 6) is 0. The summed E-state index contributed by atoms with van der Waals surface area (Å²) in [6.45, 7) is 2.60. The van der Waals surface area contributed by atoms with Gasteiger partial charge in [0, 0.05) is 17.4 Å². The first-order chi connectivity index (χ1) is 12.7. The van der Waals surface area contributed by atoms with Crippen LogP contribution in [-0.4, -0.2) is 14.9 Å². The molecule has 0 atom stereocenters. The zero-order chi connectivity index (χ0) is 18.5. The second-order valence-corrected chi connectivity index (χ2v) is 7.09. The molecule has 0 aliphatic carbocycles. The highest BCUT2D eigenvalue weighted by Gasteiger charge is 2.15. The summed E-state index contributed by atoms with van der Waals surface area (Å²) in [4.78, 5) is 17.8. The molecule has 0 aliphatic rings. The first kappa shape index (κ1) is 18.3. The lowest BCUT2D eigenvalue weighted by atomic mass is 10.0. The van der Waals surface area contributed by atoms with Gasteiger partial charge in [0.05, 0.1) is 22.7 Å². The number of aryl methyl sites for hydroxylation is 2. The molecule has 0 N–H and O–H groups in total. The Kier molecular flexibility index (Phi) is 5.85. The van der Waals surface area contributed by atoms with Crippen LogP contribution in [0.2, 0.25) is 0 Å². The Bertz CT molecular complexity index is 1030. The fourth-order valence-electron chi connectivity index (χ4n) is 3.08. The number of rotatable bonds is 6. The minimum atomic E-state index is -0.0965. The van der Waals surface area contributed by atoms with Gasteiger partial charge in [0.2, 0.25) is 0 Å². The van der Waals surface area contributed by atoms with Gasteiger partial charge in [0.1, 0.15) is 5.69 Å². The molecule has 2 aromatic carbocycles. The Hall–Kier alpha value is -2.45. The Balaban J connectivity index is 2.17. The minimum absolute atomic E-state index is 0.0965. The molecule has 0 unspecified atom stereocenters. The molecule has 0 spiro atoms. The Morgan fingerprint density at radius 1 is 1.15 bits per heavy atom. The first-order valence-corrected chi connectivity index (χ1v) is 9.84. The monoisotopic (exact) mass is 409 g/mol. The van der Waals surface area contributed by atoms with Crippen LogP contribution in [0.25, 0.3) is 22.3 Å². The Labute approximate surface area is 161 Å². The first-order valence-electron chi connectivity index (χ1n) is 8.72. The number of benzene rings is 2. The summed E-state index contributed by atoms with van der Waals surface area (Å²) in [5, 5.41) is 10.2. The van der Waals surface area contributed by atoms with Gasteiger partial charge in [-0.1, -0.05) is 40.5 Å². The summed E-state index contributed by atoms with van der Waals surface area (Å²) in [6, 6.07) is 15.3. The van der Waals surface area contributed by atoms with E-state index in [9.17, 15) is 10.1 Å². The summed E-state index contributed by atoms with van der Waals surface area (Å²) in [7, 11) is 0. The number of aromatic nitrogens is 2. The highest BCUT2D eigenvalue weighted by molar-refractivity contribution is 9.09. The molecule has 0 radical (unpaired) electrons. The van der Waals surface area contributed by atoms with Crippen molar-refractivity contribution in [1.82, 2.24) is 9.55 Å². The van der Waals surface area contributed by atoms with Crippen LogP contribution in [0, 0.1) is 18.3 Å². The normalized spacial score (nSPS) is 10.8. The van der Waals surface area contributed by atoms with Gasteiger partial charge in [-0.15, -0.1) is 0 Å². The van der Waals surface area contributed by atoms with Crippen molar-refractivity contribution in [2.45, 2.75) is 32.7 Å². The van der Waals surface area contributed by atoms with E-state index in [1.807, 2.05) is 41.8 Å². The zero-order valence-electron chi connectivity index (χ0n) is 14.7. The van der Waals surface area contributed by atoms with Crippen molar-refractivity contribution in [3.8, 4) is 17.3 Å². The molecule has 26 heavy (non-hydrogen) atoms. The molecule has 0 saturated carbocycles. The van der Waals surface area contributed by atoms with E-state index >= 15 is 0 Å². The molecule has 3 rings (SSSR count). The molecule has 0 saturated heterocycles. The number of alkyl halides is 1. The van der Waals surface area contributed by atoms with Crippen molar-refractivity contribution in [3.05, 3.63) is 63.9 Å². The van der Waals surface area contributed by atoms with Gasteiger partial charge in [0.15, 0.2) is 0 Å². The highest BCUT2D eigenvalue weighted by Crippen LogP contribution is 2.22. The number of hydrogen-bond donors (Lipinski definition) is 0. The van der Waals surface area contributed by atoms with Crippen molar-refractivity contribution in [1.29, 1.82) is 5.26 Å². The summed E-state index contributed by atoms with van der Waals surface area (Å²) >= 11 is 3.45. The number of para-hydroxylation sites is 2. The number of nitrogens with zero attached hydrogens (tertiary/aromatic N) is 3. The van der Waals surface area contributed by atoms with E-state index in [0.717, 1.165) is 46.8 Å². The lowest BCUT2D eigenvalue weighted by Crippen LogP contribution is -2.24. The predicted octanol–water partition coefficient (Wildman–Crippen LogP) is 4.81. The molecule has 132 valence electrons. The fourth-order valence-corrected chi connectivity index (χ4v) is 3.47. The van der Waals surface area contributed by atoms with E-state index in [4.69, 9.17) is 0 Å². The fraction of sp³-hybridized carbons (Fsp3) is 0.286. The summed E-state index contributed by atoms with van der Waals surface area (Å²) in [5.41, 5.74) is 4.17. The van der Waals surface area contributed by atoms with E-state index < -0.39 is 0 Å². The van der Waals surface area contributed by atoms with Crippen LogP contribution < -0.4 is 5.56 Å². The third-order valence-corrected chi connectivity index (χ3v) is 5.05. The summed E-state index contributed by atoms with van der Waals surface area (Å²) in [6.07, 6.45) is 3.09. The molecule has 1 heterocycles.